The molecule has 8 heteroatoms. The molecule has 1 aliphatic heterocycles. The molecule has 6 nitrogen and oxygen atoms in total. The van der Waals surface area contributed by atoms with Gasteiger partial charge >= 0.3 is 0 Å². The van der Waals surface area contributed by atoms with E-state index >= 15 is 0 Å². The number of hydrogen-bond acceptors (Lipinski definition) is 6. The van der Waals surface area contributed by atoms with E-state index in [1.165, 1.54) is 11.3 Å². The summed E-state index contributed by atoms with van der Waals surface area (Å²) >= 11 is 1.51. The van der Waals surface area contributed by atoms with Gasteiger partial charge in [0.25, 0.3) is 0 Å². The van der Waals surface area contributed by atoms with Gasteiger partial charge in [0.15, 0.2) is 15.7 Å². The third-order valence-electron chi connectivity index (χ3n) is 3.36. The summed E-state index contributed by atoms with van der Waals surface area (Å²) in [6, 6.07) is 0. The second-order valence-corrected chi connectivity index (χ2v) is 8.65. The molecule has 1 fully saturated rings. The average Bonchev–Trinajstić information content (AvgIpc) is 2.92. The highest BCUT2D eigenvalue weighted by atomic mass is 32.2. The lowest BCUT2D eigenvalue weighted by Gasteiger charge is -2.03. The number of aromatic nitrogens is 4. The highest BCUT2D eigenvalue weighted by molar-refractivity contribution is 7.91. The molecule has 1 aliphatic rings. The normalized spacial score (nSPS) is 22.6. The van der Waals surface area contributed by atoms with Crippen molar-refractivity contribution in [1.82, 2.24) is 19.8 Å². The molecular weight excluding hydrogens is 284 g/mol. The maximum Gasteiger partial charge on any atom is 0.234 e. The predicted molar refractivity (Wildman–Crippen MR) is 73.2 cm³/mol. The fourth-order valence-electron chi connectivity index (χ4n) is 2.39. The van der Waals surface area contributed by atoms with Gasteiger partial charge in [-0.1, -0.05) is 25.2 Å². The molecule has 1 saturated heterocycles. The van der Waals surface area contributed by atoms with Gasteiger partial charge in [0, 0.05) is 12.3 Å². The maximum absolute atomic E-state index is 11.5. The maximum atomic E-state index is 11.5. The molecule has 0 aliphatic carbocycles. The summed E-state index contributed by atoms with van der Waals surface area (Å²) < 4.78 is 24.7. The topological polar surface area (TPSA) is 77.2 Å². The van der Waals surface area contributed by atoms with Crippen LogP contribution in [-0.4, -0.2) is 39.7 Å². The summed E-state index contributed by atoms with van der Waals surface area (Å²) in [5.74, 6) is 1.95. The van der Waals surface area contributed by atoms with Crippen LogP contribution in [0.1, 0.15) is 37.0 Å². The first-order valence-corrected chi connectivity index (χ1v) is 9.00. The molecular formula is C11H16N4O2S2. The molecule has 3 rings (SSSR count). The molecule has 19 heavy (non-hydrogen) atoms. The Morgan fingerprint density at radius 2 is 2.21 bits per heavy atom. The van der Waals surface area contributed by atoms with Gasteiger partial charge in [0.05, 0.1) is 11.5 Å². The van der Waals surface area contributed by atoms with Gasteiger partial charge in [-0.05, 0) is 12.3 Å². The monoisotopic (exact) mass is 300 g/mol. The highest BCUT2D eigenvalue weighted by Gasteiger charge is 2.29. The summed E-state index contributed by atoms with van der Waals surface area (Å²) in [4.78, 5) is 0.791. The SMILES string of the molecule is CC(C)c1nnc2sc(CC3CCS(=O)(=O)C3)nn12. The first-order chi connectivity index (χ1) is 8.94. The average molecular weight is 300 g/mol. The van der Waals surface area contributed by atoms with Gasteiger partial charge in [0.2, 0.25) is 4.96 Å². The Balaban J connectivity index is 1.83. The van der Waals surface area contributed by atoms with Crippen LogP contribution < -0.4 is 0 Å². The van der Waals surface area contributed by atoms with E-state index < -0.39 is 9.84 Å². The lowest BCUT2D eigenvalue weighted by molar-refractivity contribution is 0.577. The Labute approximate surface area is 115 Å². The van der Waals surface area contributed by atoms with Gasteiger partial charge in [-0.3, -0.25) is 0 Å². The smallest absolute Gasteiger partial charge is 0.229 e. The molecule has 0 saturated carbocycles. The molecule has 1 atom stereocenters. The van der Waals surface area contributed by atoms with Gasteiger partial charge < -0.3 is 0 Å². The fourth-order valence-corrected chi connectivity index (χ4v) is 5.21. The third-order valence-corrected chi connectivity index (χ3v) is 6.12. The minimum absolute atomic E-state index is 0.205. The molecule has 0 spiro atoms. The molecule has 2 aromatic heterocycles. The van der Waals surface area contributed by atoms with Crippen molar-refractivity contribution in [1.29, 1.82) is 0 Å². The Bertz CT molecular complexity index is 701. The molecule has 0 radical (unpaired) electrons. The molecule has 0 N–H and O–H groups in total. The largest absolute Gasteiger partial charge is 0.234 e. The second-order valence-electron chi connectivity index (χ2n) is 5.38. The van der Waals surface area contributed by atoms with Crippen molar-refractivity contribution in [2.45, 2.75) is 32.6 Å². The van der Waals surface area contributed by atoms with Crippen LogP contribution in [0.4, 0.5) is 0 Å². The Kier molecular flexibility index (Phi) is 3.09. The minimum atomic E-state index is -2.81. The van der Waals surface area contributed by atoms with Gasteiger partial charge in [0.1, 0.15) is 5.01 Å². The lowest BCUT2D eigenvalue weighted by atomic mass is 10.1. The standard InChI is InChI=1S/C11H16N4O2S2/c1-7(2)10-12-13-11-15(10)14-9(18-11)5-8-3-4-19(16,17)6-8/h7-8H,3-6H2,1-2H3. The quantitative estimate of drug-likeness (QED) is 0.853. The van der Waals surface area contributed by atoms with E-state index in [1.54, 1.807) is 4.52 Å². The van der Waals surface area contributed by atoms with E-state index in [-0.39, 0.29) is 11.8 Å². The van der Waals surface area contributed by atoms with Gasteiger partial charge in [-0.2, -0.15) is 9.61 Å². The molecule has 104 valence electrons. The minimum Gasteiger partial charge on any atom is -0.229 e. The van der Waals surface area contributed by atoms with Crippen LogP contribution in [0.25, 0.3) is 4.96 Å². The zero-order chi connectivity index (χ0) is 13.6. The van der Waals surface area contributed by atoms with E-state index in [9.17, 15) is 8.42 Å². The highest BCUT2D eigenvalue weighted by Crippen LogP contribution is 2.25. The summed E-state index contributed by atoms with van der Waals surface area (Å²) in [7, 11) is -2.81. The van der Waals surface area contributed by atoms with Gasteiger partial charge in [-0.15, -0.1) is 10.2 Å². The van der Waals surface area contributed by atoms with Crippen LogP contribution in [0, 0.1) is 5.92 Å². The molecule has 1 unspecified atom stereocenters. The summed E-state index contributed by atoms with van der Waals surface area (Å²) in [6.07, 6.45) is 1.48. The van der Waals surface area contributed by atoms with Crippen LogP contribution in [0.3, 0.4) is 0 Å². The van der Waals surface area contributed by atoms with E-state index in [2.05, 4.69) is 29.1 Å². The van der Waals surface area contributed by atoms with E-state index in [0.717, 1.165) is 28.6 Å². The van der Waals surface area contributed by atoms with Crippen molar-refractivity contribution in [3.8, 4) is 0 Å². The van der Waals surface area contributed by atoms with Crippen molar-refractivity contribution in [3.05, 3.63) is 10.8 Å². The summed E-state index contributed by atoms with van der Waals surface area (Å²) in [5, 5.41) is 13.7. The van der Waals surface area contributed by atoms with Crippen molar-refractivity contribution in [3.63, 3.8) is 0 Å². The van der Waals surface area contributed by atoms with Crippen LogP contribution >= 0.6 is 11.3 Å². The fraction of sp³-hybridized carbons (Fsp3) is 0.727. The Hall–Kier alpha value is -1.02. The van der Waals surface area contributed by atoms with E-state index in [4.69, 9.17) is 0 Å². The number of hydrogen-bond donors (Lipinski definition) is 0. The van der Waals surface area contributed by atoms with Crippen molar-refractivity contribution >= 4 is 26.1 Å². The molecule has 0 bridgehead atoms. The van der Waals surface area contributed by atoms with Crippen molar-refractivity contribution < 1.29 is 8.42 Å². The number of rotatable bonds is 3. The van der Waals surface area contributed by atoms with Crippen LogP contribution in [0.5, 0.6) is 0 Å². The third kappa shape index (κ3) is 2.51. The van der Waals surface area contributed by atoms with Gasteiger partial charge in [-0.25, -0.2) is 8.42 Å². The lowest BCUT2D eigenvalue weighted by Crippen LogP contribution is -2.08. The Morgan fingerprint density at radius 3 is 2.84 bits per heavy atom. The van der Waals surface area contributed by atoms with Crippen LogP contribution in [0.2, 0.25) is 0 Å². The summed E-state index contributed by atoms with van der Waals surface area (Å²) in [5.41, 5.74) is 0. The van der Waals surface area contributed by atoms with Crippen LogP contribution in [-0.2, 0) is 16.3 Å². The number of sulfone groups is 1. The molecule has 0 aromatic carbocycles. The Morgan fingerprint density at radius 1 is 1.42 bits per heavy atom. The second kappa shape index (κ2) is 4.52. The van der Waals surface area contributed by atoms with Crippen LogP contribution in [0.15, 0.2) is 0 Å². The number of fused-ring (bicyclic) bond motifs is 1. The van der Waals surface area contributed by atoms with Crippen molar-refractivity contribution in [2.75, 3.05) is 11.5 Å². The van der Waals surface area contributed by atoms with E-state index in [1.807, 2.05) is 0 Å². The molecule has 0 amide bonds. The number of nitrogens with zero attached hydrogens (tertiary/aromatic N) is 4. The zero-order valence-electron chi connectivity index (χ0n) is 10.9. The molecule has 2 aromatic rings. The zero-order valence-corrected chi connectivity index (χ0v) is 12.5. The summed E-state index contributed by atoms with van der Waals surface area (Å²) in [6.45, 7) is 4.11. The first-order valence-electron chi connectivity index (χ1n) is 6.36. The predicted octanol–water partition coefficient (Wildman–Crippen LogP) is 1.29. The van der Waals surface area contributed by atoms with E-state index in [0.29, 0.717) is 11.5 Å². The first kappa shape index (κ1) is 13.0. The molecule has 3 heterocycles. The van der Waals surface area contributed by atoms with Crippen molar-refractivity contribution in [2.24, 2.45) is 5.92 Å².